The van der Waals surface area contributed by atoms with Gasteiger partial charge in [-0.2, -0.15) is 0 Å². The highest BCUT2D eigenvalue weighted by atomic mass is 16.4. The molecule has 0 atom stereocenters. The van der Waals surface area contributed by atoms with Crippen LogP contribution in [0.1, 0.15) is 5.56 Å². The molecule has 1 aromatic heterocycles. The van der Waals surface area contributed by atoms with Crippen LogP contribution in [0.4, 0.5) is 0 Å². The first-order valence-corrected chi connectivity index (χ1v) is 5.19. The smallest absolute Gasteiger partial charge is 0.328 e. The van der Waals surface area contributed by atoms with Crippen LogP contribution < -0.4 is 0 Å². The third-order valence-corrected chi connectivity index (χ3v) is 2.31. The summed E-state index contributed by atoms with van der Waals surface area (Å²) >= 11 is 0. The zero-order valence-corrected chi connectivity index (χ0v) is 9.08. The monoisotopic (exact) mass is 225 g/mol. The second kappa shape index (κ2) is 5.07. The minimum atomic E-state index is -0.958. The van der Waals surface area contributed by atoms with E-state index in [-0.39, 0.29) is 0 Å². The van der Waals surface area contributed by atoms with E-state index in [2.05, 4.69) is 4.98 Å². The lowest BCUT2D eigenvalue weighted by Crippen LogP contribution is -1.88. The van der Waals surface area contributed by atoms with Crippen LogP contribution in [0.2, 0.25) is 0 Å². The van der Waals surface area contributed by atoms with Crippen molar-refractivity contribution in [3.63, 3.8) is 0 Å². The van der Waals surface area contributed by atoms with Gasteiger partial charge in [-0.3, -0.25) is 4.98 Å². The molecule has 3 heteroatoms. The Morgan fingerprint density at radius 2 is 1.88 bits per heavy atom. The van der Waals surface area contributed by atoms with E-state index in [4.69, 9.17) is 5.11 Å². The zero-order valence-electron chi connectivity index (χ0n) is 9.08. The molecule has 0 bridgehead atoms. The standard InChI is InChI=1S/C14H11NO2/c16-14(17)9-8-11-5-1-2-6-12(11)13-7-3-4-10-15-13/h1-10H,(H,16,17)/b9-8+. The van der Waals surface area contributed by atoms with Gasteiger partial charge in [0.25, 0.3) is 0 Å². The fourth-order valence-corrected chi connectivity index (χ4v) is 1.56. The maximum Gasteiger partial charge on any atom is 0.328 e. The summed E-state index contributed by atoms with van der Waals surface area (Å²) in [6.45, 7) is 0. The Kier molecular flexibility index (Phi) is 3.31. The van der Waals surface area contributed by atoms with E-state index in [9.17, 15) is 4.79 Å². The average molecular weight is 225 g/mol. The maximum absolute atomic E-state index is 10.5. The van der Waals surface area contributed by atoms with Crippen LogP contribution >= 0.6 is 0 Å². The fraction of sp³-hybridized carbons (Fsp3) is 0. The molecule has 3 nitrogen and oxygen atoms in total. The number of hydrogen-bond donors (Lipinski definition) is 1. The first-order valence-electron chi connectivity index (χ1n) is 5.19. The van der Waals surface area contributed by atoms with E-state index < -0.39 is 5.97 Å². The zero-order chi connectivity index (χ0) is 12.1. The van der Waals surface area contributed by atoms with Crippen LogP contribution in [0.3, 0.4) is 0 Å². The molecule has 0 aliphatic rings. The van der Waals surface area contributed by atoms with Crippen molar-refractivity contribution in [2.45, 2.75) is 0 Å². The molecule has 84 valence electrons. The van der Waals surface area contributed by atoms with Crippen LogP contribution in [0, 0.1) is 0 Å². The lowest BCUT2D eigenvalue weighted by atomic mass is 10.0. The minimum Gasteiger partial charge on any atom is -0.478 e. The molecule has 0 saturated carbocycles. The number of carboxylic acids is 1. The number of benzene rings is 1. The van der Waals surface area contributed by atoms with E-state index in [1.807, 2.05) is 42.5 Å². The number of aliphatic carboxylic acids is 1. The fourth-order valence-electron chi connectivity index (χ4n) is 1.56. The summed E-state index contributed by atoms with van der Waals surface area (Å²) in [6, 6.07) is 13.2. The first-order chi connectivity index (χ1) is 8.27. The van der Waals surface area contributed by atoms with E-state index in [1.54, 1.807) is 12.3 Å². The van der Waals surface area contributed by atoms with Crippen molar-refractivity contribution in [1.29, 1.82) is 0 Å². The van der Waals surface area contributed by atoms with Crippen molar-refractivity contribution >= 4 is 12.0 Å². The lowest BCUT2D eigenvalue weighted by Gasteiger charge is -2.04. The molecular formula is C14H11NO2. The molecule has 1 N–H and O–H groups in total. The highest BCUT2D eigenvalue weighted by Crippen LogP contribution is 2.22. The summed E-state index contributed by atoms with van der Waals surface area (Å²) in [5, 5.41) is 8.63. The molecule has 1 heterocycles. The average Bonchev–Trinajstić information content (AvgIpc) is 2.38. The Hall–Kier alpha value is -2.42. The van der Waals surface area contributed by atoms with E-state index in [1.165, 1.54) is 0 Å². The molecule has 2 rings (SSSR count). The summed E-state index contributed by atoms with van der Waals surface area (Å²) in [7, 11) is 0. The molecule has 0 amide bonds. The summed E-state index contributed by atoms with van der Waals surface area (Å²) < 4.78 is 0. The summed E-state index contributed by atoms with van der Waals surface area (Å²) in [5.41, 5.74) is 2.59. The van der Waals surface area contributed by atoms with Gasteiger partial charge in [-0.15, -0.1) is 0 Å². The molecule has 1 aromatic carbocycles. The van der Waals surface area contributed by atoms with Crippen molar-refractivity contribution in [1.82, 2.24) is 4.98 Å². The van der Waals surface area contributed by atoms with Gasteiger partial charge in [0.05, 0.1) is 5.69 Å². The Labute approximate surface area is 99.1 Å². The van der Waals surface area contributed by atoms with Crippen molar-refractivity contribution in [2.24, 2.45) is 0 Å². The van der Waals surface area contributed by atoms with Crippen LogP contribution in [0.25, 0.3) is 17.3 Å². The highest BCUT2D eigenvalue weighted by molar-refractivity contribution is 5.87. The molecule has 17 heavy (non-hydrogen) atoms. The van der Waals surface area contributed by atoms with Crippen LogP contribution in [0.15, 0.2) is 54.7 Å². The largest absolute Gasteiger partial charge is 0.478 e. The maximum atomic E-state index is 10.5. The highest BCUT2D eigenvalue weighted by Gasteiger charge is 2.02. The van der Waals surface area contributed by atoms with Gasteiger partial charge in [0.15, 0.2) is 0 Å². The van der Waals surface area contributed by atoms with Gasteiger partial charge < -0.3 is 5.11 Å². The third-order valence-electron chi connectivity index (χ3n) is 2.31. The third kappa shape index (κ3) is 2.78. The van der Waals surface area contributed by atoms with Gasteiger partial charge in [-0.05, 0) is 23.8 Å². The summed E-state index contributed by atoms with van der Waals surface area (Å²) in [5.74, 6) is -0.958. The molecule has 0 unspecified atom stereocenters. The van der Waals surface area contributed by atoms with Gasteiger partial charge in [0, 0.05) is 17.8 Å². The van der Waals surface area contributed by atoms with Crippen LogP contribution in [0.5, 0.6) is 0 Å². The molecular weight excluding hydrogens is 214 g/mol. The van der Waals surface area contributed by atoms with E-state index in [0.29, 0.717) is 0 Å². The van der Waals surface area contributed by atoms with E-state index >= 15 is 0 Å². The molecule has 0 saturated heterocycles. The van der Waals surface area contributed by atoms with E-state index in [0.717, 1.165) is 22.9 Å². The number of rotatable bonds is 3. The van der Waals surface area contributed by atoms with Gasteiger partial charge in [-0.1, -0.05) is 30.3 Å². The minimum absolute atomic E-state index is 0.832. The Morgan fingerprint density at radius 3 is 2.59 bits per heavy atom. The number of carboxylic acid groups (broad SMARTS) is 1. The topological polar surface area (TPSA) is 50.2 Å². The molecule has 0 spiro atoms. The van der Waals surface area contributed by atoms with Gasteiger partial charge in [-0.25, -0.2) is 4.79 Å². The van der Waals surface area contributed by atoms with Crippen molar-refractivity contribution in [2.75, 3.05) is 0 Å². The molecule has 0 fully saturated rings. The summed E-state index contributed by atoms with van der Waals surface area (Å²) in [4.78, 5) is 14.8. The van der Waals surface area contributed by atoms with Crippen molar-refractivity contribution in [3.05, 3.63) is 60.3 Å². The van der Waals surface area contributed by atoms with Gasteiger partial charge >= 0.3 is 5.97 Å². The first kappa shape index (κ1) is 11.1. The molecule has 0 aliphatic heterocycles. The van der Waals surface area contributed by atoms with Crippen molar-refractivity contribution in [3.8, 4) is 11.3 Å². The summed E-state index contributed by atoms with van der Waals surface area (Å²) in [6.07, 6.45) is 4.42. The number of aromatic nitrogens is 1. The number of hydrogen-bond acceptors (Lipinski definition) is 2. The SMILES string of the molecule is O=C(O)/C=C/c1ccccc1-c1ccccn1. The molecule has 0 radical (unpaired) electrons. The number of pyridine rings is 1. The van der Waals surface area contributed by atoms with Crippen LogP contribution in [-0.2, 0) is 4.79 Å². The predicted octanol–water partition coefficient (Wildman–Crippen LogP) is 2.85. The number of carbonyl (C=O) groups is 1. The Bertz CT molecular complexity index is 547. The second-order valence-corrected chi connectivity index (χ2v) is 3.47. The normalized spacial score (nSPS) is 10.6. The van der Waals surface area contributed by atoms with Gasteiger partial charge in [0.1, 0.15) is 0 Å². The second-order valence-electron chi connectivity index (χ2n) is 3.47. The van der Waals surface area contributed by atoms with Gasteiger partial charge in [0.2, 0.25) is 0 Å². The van der Waals surface area contributed by atoms with Crippen molar-refractivity contribution < 1.29 is 9.90 Å². The van der Waals surface area contributed by atoms with Crippen LogP contribution in [-0.4, -0.2) is 16.1 Å². The molecule has 0 aliphatic carbocycles. The quantitative estimate of drug-likeness (QED) is 0.817. The number of nitrogens with zero attached hydrogens (tertiary/aromatic N) is 1. The predicted molar refractivity (Wildman–Crippen MR) is 66.3 cm³/mol. The molecule has 2 aromatic rings. The lowest BCUT2D eigenvalue weighted by molar-refractivity contribution is -0.131. The Balaban J connectivity index is 2.45. The Morgan fingerprint density at radius 1 is 1.12 bits per heavy atom.